The zero-order chi connectivity index (χ0) is 25.8. The van der Waals surface area contributed by atoms with Gasteiger partial charge in [-0.05, 0) is 24.1 Å². The van der Waals surface area contributed by atoms with Gasteiger partial charge in [0, 0.05) is 44.2 Å². The lowest BCUT2D eigenvalue weighted by Gasteiger charge is -2.35. The van der Waals surface area contributed by atoms with Crippen molar-refractivity contribution < 1.29 is 22.8 Å². The van der Waals surface area contributed by atoms with Gasteiger partial charge >= 0.3 is 6.18 Å². The van der Waals surface area contributed by atoms with Crippen LogP contribution in [0.15, 0.2) is 36.5 Å². The number of fused-ring (bicyclic) bond motifs is 3. The molecule has 0 bridgehead atoms. The molecule has 2 aromatic heterocycles. The maximum Gasteiger partial charge on any atom is 0.413 e. The summed E-state index contributed by atoms with van der Waals surface area (Å²) in [6.45, 7) is 2.78. The summed E-state index contributed by atoms with van der Waals surface area (Å²) in [4.78, 5) is 31.3. The van der Waals surface area contributed by atoms with Crippen LogP contribution in [0.1, 0.15) is 43.0 Å². The third-order valence-electron chi connectivity index (χ3n) is 6.91. The van der Waals surface area contributed by atoms with E-state index in [-0.39, 0.29) is 30.4 Å². The fourth-order valence-electron chi connectivity index (χ4n) is 5.10. The van der Waals surface area contributed by atoms with Crippen LogP contribution in [0.3, 0.4) is 0 Å². The number of halogens is 4. The van der Waals surface area contributed by atoms with E-state index in [1.54, 1.807) is 28.9 Å². The molecule has 1 aromatic carbocycles. The highest BCUT2D eigenvalue weighted by atomic mass is 35.5. The first-order valence-corrected chi connectivity index (χ1v) is 11.9. The standard InChI is InChI=1S/C24H24ClF3N6O2/c1-13-7-8-33(17-12-29-19-10-18(25)31-34(19)21(13)17)16-5-3-14(4-6-16)22(24(26,27)28)32(2)23(36)15-9-20(35)30-11-15/h3-6,10,12-13,15,22H,7-9,11H2,1-2H3,(H,30,35)/t13-,15-,22-/m0/s1. The molecule has 2 amide bonds. The van der Waals surface area contributed by atoms with Crippen molar-refractivity contribution >= 4 is 40.4 Å². The third-order valence-corrected chi connectivity index (χ3v) is 7.09. The molecule has 1 saturated heterocycles. The van der Waals surface area contributed by atoms with Crippen LogP contribution in [0.2, 0.25) is 5.15 Å². The highest BCUT2D eigenvalue weighted by Crippen LogP contribution is 2.41. The number of anilines is 2. The van der Waals surface area contributed by atoms with Crippen LogP contribution >= 0.6 is 11.6 Å². The second-order valence-electron chi connectivity index (χ2n) is 9.30. The van der Waals surface area contributed by atoms with Crippen LogP contribution in [-0.2, 0) is 9.59 Å². The Morgan fingerprint density at radius 2 is 2.00 bits per heavy atom. The predicted molar refractivity (Wildman–Crippen MR) is 127 cm³/mol. The van der Waals surface area contributed by atoms with Crippen molar-refractivity contribution in [2.75, 3.05) is 25.0 Å². The summed E-state index contributed by atoms with van der Waals surface area (Å²) in [5, 5.41) is 7.18. The molecule has 8 nitrogen and oxygen atoms in total. The van der Waals surface area contributed by atoms with Crippen LogP contribution in [-0.4, -0.2) is 57.6 Å². The number of alkyl halides is 3. The lowest BCUT2D eigenvalue weighted by atomic mass is 9.96. The molecule has 4 heterocycles. The molecular formula is C24H24ClF3N6O2. The Balaban J connectivity index is 1.46. The van der Waals surface area contributed by atoms with Gasteiger partial charge in [0.15, 0.2) is 16.8 Å². The first-order chi connectivity index (χ1) is 17.0. The van der Waals surface area contributed by atoms with Gasteiger partial charge in [-0.25, -0.2) is 9.50 Å². The number of carbonyl (C=O) groups excluding carboxylic acids is 2. The van der Waals surface area contributed by atoms with Crippen molar-refractivity contribution in [1.82, 2.24) is 24.8 Å². The Labute approximate surface area is 210 Å². The van der Waals surface area contributed by atoms with E-state index in [1.165, 1.54) is 12.1 Å². The largest absolute Gasteiger partial charge is 0.413 e. The number of rotatable bonds is 4. The molecule has 0 radical (unpaired) electrons. The molecule has 3 atom stereocenters. The number of amides is 2. The van der Waals surface area contributed by atoms with Gasteiger partial charge in [0.25, 0.3) is 0 Å². The number of aromatic nitrogens is 3. The summed E-state index contributed by atoms with van der Waals surface area (Å²) in [5.74, 6) is -1.68. The molecule has 2 aliphatic rings. The summed E-state index contributed by atoms with van der Waals surface area (Å²) in [6.07, 6.45) is -2.26. The van der Waals surface area contributed by atoms with E-state index in [9.17, 15) is 22.8 Å². The van der Waals surface area contributed by atoms with Gasteiger partial charge in [0.2, 0.25) is 11.8 Å². The van der Waals surface area contributed by atoms with Crippen LogP contribution in [0.5, 0.6) is 0 Å². The molecule has 0 saturated carbocycles. The van der Waals surface area contributed by atoms with E-state index in [0.29, 0.717) is 27.9 Å². The minimum Gasteiger partial charge on any atom is -0.355 e. The van der Waals surface area contributed by atoms with E-state index < -0.39 is 24.0 Å². The maximum absolute atomic E-state index is 14.1. The molecule has 190 valence electrons. The molecular weight excluding hydrogens is 497 g/mol. The average Bonchev–Trinajstić information content (AvgIpc) is 3.43. The normalized spacial score (nSPS) is 20.8. The quantitative estimate of drug-likeness (QED) is 0.557. The number of hydrogen-bond acceptors (Lipinski definition) is 5. The van der Waals surface area contributed by atoms with Gasteiger partial charge in [-0.1, -0.05) is 30.7 Å². The summed E-state index contributed by atoms with van der Waals surface area (Å²) in [7, 11) is 1.13. The molecule has 5 rings (SSSR count). The minimum absolute atomic E-state index is 0.0427. The Bertz CT molecular complexity index is 1330. The van der Waals surface area contributed by atoms with E-state index in [1.807, 2.05) is 4.90 Å². The average molecular weight is 521 g/mol. The second-order valence-corrected chi connectivity index (χ2v) is 9.68. The minimum atomic E-state index is -4.69. The van der Waals surface area contributed by atoms with Gasteiger partial charge in [-0.2, -0.15) is 18.3 Å². The summed E-state index contributed by atoms with van der Waals surface area (Å²) >= 11 is 6.08. The Morgan fingerprint density at radius 3 is 2.64 bits per heavy atom. The monoisotopic (exact) mass is 520 g/mol. The molecule has 36 heavy (non-hydrogen) atoms. The van der Waals surface area contributed by atoms with Crippen molar-refractivity contribution in [3.63, 3.8) is 0 Å². The van der Waals surface area contributed by atoms with Gasteiger partial charge < -0.3 is 15.1 Å². The summed E-state index contributed by atoms with van der Waals surface area (Å²) in [5.41, 5.74) is 3.01. The van der Waals surface area contributed by atoms with Gasteiger partial charge in [0.1, 0.15) is 0 Å². The summed E-state index contributed by atoms with van der Waals surface area (Å²) < 4.78 is 44.0. The van der Waals surface area contributed by atoms with Crippen LogP contribution in [0, 0.1) is 5.92 Å². The lowest BCUT2D eigenvalue weighted by molar-refractivity contribution is -0.190. The predicted octanol–water partition coefficient (Wildman–Crippen LogP) is 4.23. The molecule has 0 spiro atoms. The molecule has 1 fully saturated rings. The molecule has 0 unspecified atom stereocenters. The zero-order valence-corrected chi connectivity index (χ0v) is 20.3. The van der Waals surface area contributed by atoms with Crippen molar-refractivity contribution in [3.8, 4) is 0 Å². The second kappa shape index (κ2) is 8.95. The highest BCUT2D eigenvalue weighted by molar-refractivity contribution is 6.29. The van der Waals surface area contributed by atoms with Crippen LogP contribution in [0.25, 0.3) is 5.65 Å². The van der Waals surface area contributed by atoms with Gasteiger partial charge in [-0.15, -0.1) is 0 Å². The number of carbonyl (C=O) groups is 2. The molecule has 12 heteroatoms. The third kappa shape index (κ3) is 4.25. The van der Waals surface area contributed by atoms with Crippen LogP contribution in [0.4, 0.5) is 24.5 Å². The lowest BCUT2D eigenvalue weighted by Crippen LogP contribution is -2.43. The number of benzene rings is 1. The van der Waals surface area contributed by atoms with Crippen LogP contribution < -0.4 is 10.2 Å². The molecule has 2 aliphatic heterocycles. The first kappa shape index (κ1) is 24.4. The van der Waals surface area contributed by atoms with E-state index in [2.05, 4.69) is 22.3 Å². The van der Waals surface area contributed by atoms with Crippen molar-refractivity contribution in [2.45, 2.75) is 37.9 Å². The fraction of sp³-hybridized carbons (Fsp3) is 0.417. The maximum atomic E-state index is 14.1. The van der Waals surface area contributed by atoms with E-state index >= 15 is 0 Å². The number of hydrogen-bond donors (Lipinski definition) is 1. The topological polar surface area (TPSA) is 82.8 Å². The van der Waals surface area contributed by atoms with Gasteiger partial charge in [0.05, 0.1) is 23.5 Å². The van der Waals surface area contributed by atoms with E-state index in [4.69, 9.17) is 11.6 Å². The fourth-order valence-corrected chi connectivity index (χ4v) is 5.27. The molecule has 0 aliphatic carbocycles. The Kier molecular flexibility index (Phi) is 6.06. The van der Waals surface area contributed by atoms with Crippen molar-refractivity contribution in [2.24, 2.45) is 5.92 Å². The number of nitrogens with one attached hydrogen (secondary N) is 1. The summed E-state index contributed by atoms with van der Waals surface area (Å²) in [6, 6.07) is 5.57. The number of nitrogens with zero attached hydrogens (tertiary/aromatic N) is 5. The van der Waals surface area contributed by atoms with Crippen molar-refractivity contribution in [1.29, 1.82) is 0 Å². The van der Waals surface area contributed by atoms with Gasteiger partial charge in [-0.3, -0.25) is 9.59 Å². The van der Waals surface area contributed by atoms with Crippen molar-refractivity contribution in [3.05, 3.63) is 52.9 Å². The zero-order valence-electron chi connectivity index (χ0n) is 19.6. The van der Waals surface area contributed by atoms with E-state index in [0.717, 1.165) is 24.8 Å². The smallest absolute Gasteiger partial charge is 0.355 e. The Morgan fingerprint density at radius 1 is 1.28 bits per heavy atom. The first-order valence-electron chi connectivity index (χ1n) is 11.6. The molecule has 3 aromatic rings. The Hall–Kier alpha value is -3.34. The SMILES string of the molecule is C[C@H]1CCN(c2ccc([C@H](N(C)C(=O)[C@@H]3CNC(=O)C3)C(F)(F)F)cc2)c2cnc3cc(Cl)nn3c21. The molecule has 1 N–H and O–H groups in total. The highest BCUT2D eigenvalue weighted by Gasteiger charge is 2.47.